The van der Waals surface area contributed by atoms with Crippen molar-refractivity contribution >= 4 is 15.9 Å². The molecule has 0 aliphatic carbocycles. The van der Waals surface area contributed by atoms with Gasteiger partial charge in [-0.1, -0.05) is 41.4 Å². The summed E-state index contributed by atoms with van der Waals surface area (Å²) < 4.78 is 12.5. The zero-order valence-electron chi connectivity index (χ0n) is 9.49. The van der Waals surface area contributed by atoms with Crippen LogP contribution >= 0.6 is 15.9 Å². The van der Waals surface area contributed by atoms with Crippen molar-refractivity contribution in [2.24, 2.45) is 5.92 Å². The van der Waals surface area contributed by atoms with Crippen LogP contribution in [0.3, 0.4) is 0 Å². The molecule has 1 heterocycles. The molecule has 0 saturated carbocycles. The lowest BCUT2D eigenvalue weighted by molar-refractivity contribution is -0.206. The van der Waals surface area contributed by atoms with Gasteiger partial charge in [0.05, 0.1) is 13.2 Å². The van der Waals surface area contributed by atoms with Crippen LogP contribution in [0.2, 0.25) is 0 Å². The van der Waals surface area contributed by atoms with Gasteiger partial charge >= 0.3 is 0 Å². The van der Waals surface area contributed by atoms with Crippen LogP contribution in [0.4, 0.5) is 0 Å². The molecule has 1 saturated heterocycles. The van der Waals surface area contributed by atoms with Crippen molar-refractivity contribution in [1.82, 2.24) is 0 Å². The first-order chi connectivity index (χ1) is 7.79. The number of hydrogen-bond donors (Lipinski definition) is 0. The molecule has 0 radical (unpaired) electrons. The van der Waals surface area contributed by atoms with Gasteiger partial charge < -0.3 is 9.47 Å². The Bertz CT molecular complexity index is 315. The first kappa shape index (κ1) is 12.1. The van der Waals surface area contributed by atoms with E-state index in [4.69, 9.17) is 9.47 Å². The lowest BCUT2D eigenvalue weighted by Crippen LogP contribution is -2.26. The van der Waals surface area contributed by atoms with Crippen molar-refractivity contribution in [3.05, 3.63) is 34.3 Å². The Kier molecular flexibility index (Phi) is 4.38. The van der Waals surface area contributed by atoms with Crippen molar-refractivity contribution in [2.45, 2.75) is 26.1 Å². The molecule has 1 aromatic rings. The summed E-state index contributed by atoms with van der Waals surface area (Å²) >= 11 is 3.42. The lowest BCUT2D eigenvalue weighted by Gasteiger charge is -2.29. The smallest absolute Gasteiger partial charge is 0.183 e. The van der Waals surface area contributed by atoms with Crippen LogP contribution < -0.4 is 0 Å². The SMILES string of the molecule is CCCC1COC(c2ccc(Br)cc2)OC1. The average Bonchev–Trinajstić information content (AvgIpc) is 2.32. The maximum absolute atomic E-state index is 5.73. The van der Waals surface area contributed by atoms with Crippen molar-refractivity contribution in [3.8, 4) is 0 Å². The highest BCUT2D eigenvalue weighted by atomic mass is 79.9. The van der Waals surface area contributed by atoms with E-state index in [9.17, 15) is 0 Å². The number of benzene rings is 1. The standard InChI is InChI=1S/C13H17BrO2/c1-2-3-10-8-15-13(16-9-10)11-4-6-12(14)7-5-11/h4-7,10,13H,2-3,8-9H2,1H3. The Morgan fingerprint density at radius 3 is 2.38 bits per heavy atom. The molecular formula is C13H17BrO2. The summed E-state index contributed by atoms with van der Waals surface area (Å²) in [6.45, 7) is 3.82. The van der Waals surface area contributed by atoms with Gasteiger partial charge in [0.2, 0.25) is 0 Å². The summed E-state index contributed by atoms with van der Waals surface area (Å²) in [7, 11) is 0. The fourth-order valence-corrected chi connectivity index (χ4v) is 2.19. The highest BCUT2D eigenvalue weighted by Crippen LogP contribution is 2.27. The minimum atomic E-state index is -0.179. The minimum absolute atomic E-state index is 0.179. The molecule has 3 heteroatoms. The molecule has 0 bridgehead atoms. The van der Waals surface area contributed by atoms with Gasteiger partial charge in [-0.2, -0.15) is 0 Å². The zero-order valence-corrected chi connectivity index (χ0v) is 11.1. The Balaban J connectivity index is 1.91. The second-order valence-corrected chi connectivity index (χ2v) is 5.12. The van der Waals surface area contributed by atoms with E-state index in [0.29, 0.717) is 5.92 Å². The molecule has 0 spiro atoms. The van der Waals surface area contributed by atoms with Crippen molar-refractivity contribution < 1.29 is 9.47 Å². The highest BCUT2D eigenvalue weighted by Gasteiger charge is 2.22. The first-order valence-corrected chi connectivity index (χ1v) is 6.57. The zero-order chi connectivity index (χ0) is 11.4. The summed E-state index contributed by atoms with van der Waals surface area (Å²) in [6, 6.07) is 8.10. The largest absolute Gasteiger partial charge is 0.348 e. The topological polar surface area (TPSA) is 18.5 Å². The van der Waals surface area contributed by atoms with E-state index >= 15 is 0 Å². The van der Waals surface area contributed by atoms with Crippen LogP contribution in [0.1, 0.15) is 31.6 Å². The summed E-state index contributed by atoms with van der Waals surface area (Å²) in [6.07, 6.45) is 2.20. The summed E-state index contributed by atoms with van der Waals surface area (Å²) in [5.41, 5.74) is 1.10. The van der Waals surface area contributed by atoms with Crippen LogP contribution in [0.25, 0.3) is 0 Å². The Labute approximate surface area is 105 Å². The van der Waals surface area contributed by atoms with Gasteiger partial charge in [-0.15, -0.1) is 0 Å². The van der Waals surface area contributed by atoms with Gasteiger partial charge in [0, 0.05) is 16.0 Å². The van der Waals surface area contributed by atoms with E-state index in [0.717, 1.165) is 23.2 Å². The molecule has 2 nitrogen and oxygen atoms in total. The predicted molar refractivity (Wildman–Crippen MR) is 67.2 cm³/mol. The number of rotatable bonds is 3. The maximum atomic E-state index is 5.73. The number of halogens is 1. The molecule has 88 valence electrons. The van der Waals surface area contributed by atoms with Crippen molar-refractivity contribution in [3.63, 3.8) is 0 Å². The fraction of sp³-hybridized carbons (Fsp3) is 0.538. The van der Waals surface area contributed by atoms with Crippen LogP contribution in [0.5, 0.6) is 0 Å². The summed E-state index contributed by atoms with van der Waals surface area (Å²) in [5.74, 6) is 0.566. The van der Waals surface area contributed by atoms with E-state index < -0.39 is 0 Å². The van der Waals surface area contributed by atoms with Crippen LogP contribution in [0, 0.1) is 5.92 Å². The summed E-state index contributed by atoms with van der Waals surface area (Å²) in [5, 5.41) is 0. The third-order valence-corrected chi connectivity index (χ3v) is 3.33. The van der Waals surface area contributed by atoms with E-state index in [1.165, 1.54) is 12.8 Å². The van der Waals surface area contributed by atoms with Crippen molar-refractivity contribution in [2.75, 3.05) is 13.2 Å². The Hall–Kier alpha value is -0.380. The van der Waals surface area contributed by atoms with Gasteiger partial charge in [-0.05, 0) is 18.6 Å². The second kappa shape index (κ2) is 5.80. The van der Waals surface area contributed by atoms with E-state index in [1.807, 2.05) is 24.3 Å². The third kappa shape index (κ3) is 3.06. The van der Waals surface area contributed by atoms with Gasteiger partial charge in [0.15, 0.2) is 6.29 Å². The monoisotopic (exact) mass is 284 g/mol. The molecule has 2 rings (SSSR count). The third-order valence-electron chi connectivity index (χ3n) is 2.81. The van der Waals surface area contributed by atoms with E-state index in [2.05, 4.69) is 22.9 Å². The fourth-order valence-electron chi connectivity index (χ4n) is 1.93. The van der Waals surface area contributed by atoms with Gasteiger partial charge in [-0.3, -0.25) is 0 Å². The Morgan fingerprint density at radius 2 is 1.81 bits per heavy atom. The quantitative estimate of drug-likeness (QED) is 0.838. The summed E-state index contributed by atoms with van der Waals surface area (Å²) in [4.78, 5) is 0. The molecule has 0 atom stereocenters. The minimum Gasteiger partial charge on any atom is -0.348 e. The molecule has 1 aliphatic heterocycles. The van der Waals surface area contributed by atoms with E-state index in [-0.39, 0.29) is 6.29 Å². The molecule has 0 N–H and O–H groups in total. The van der Waals surface area contributed by atoms with Gasteiger partial charge in [0.25, 0.3) is 0 Å². The molecule has 0 aromatic heterocycles. The van der Waals surface area contributed by atoms with Crippen LogP contribution in [-0.4, -0.2) is 13.2 Å². The molecule has 1 aromatic carbocycles. The molecule has 16 heavy (non-hydrogen) atoms. The molecule has 0 unspecified atom stereocenters. The Morgan fingerprint density at radius 1 is 1.19 bits per heavy atom. The van der Waals surface area contributed by atoms with E-state index in [1.54, 1.807) is 0 Å². The second-order valence-electron chi connectivity index (χ2n) is 4.20. The normalized spacial score (nSPS) is 25.6. The molecule has 1 aliphatic rings. The van der Waals surface area contributed by atoms with Gasteiger partial charge in [-0.25, -0.2) is 0 Å². The average molecular weight is 285 g/mol. The number of ether oxygens (including phenoxy) is 2. The molecule has 1 fully saturated rings. The lowest BCUT2D eigenvalue weighted by atomic mass is 10.1. The highest BCUT2D eigenvalue weighted by molar-refractivity contribution is 9.10. The van der Waals surface area contributed by atoms with Crippen LogP contribution in [0.15, 0.2) is 28.7 Å². The first-order valence-electron chi connectivity index (χ1n) is 5.78. The van der Waals surface area contributed by atoms with Gasteiger partial charge in [0.1, 0.15) is 0 Å². The van der Waals surface area contributed by atoms with Crippen LogP contribution in [-0.2, 0) is 9.47 Å². The molecular weight excluding hydrogens is 268 g/mol. The number of hydrogen-bond acceptors (Lipinski definition) is 2. The predicted octanol–water partition coefficient (Wildman–Crippen LogP) is 3.91. The molecule has 0 amide bonds. The van der Waals surface area contributed by atoms with Crippen molar-refractivity contribution in [1.29, 1.82) is 0 Å². The maximum Gasteiger partial charge on any atom is 0.183 e.